The molecule has 0 bridgehead atoms. The van der Waals surface area contributed by atoms with Gasteiger partial charge in [-0.15, -0.1) is 0 Å². The molecule has 1 aromatic carbocycles. The number of hydrogen-bond donors (Lipinski definition) is 2. The molecule has 0 fully saturated rings. The van der Waals surface area contributed by atoms with Crippen molar-refractivity contribution in [1.82, 2.24) is 0 Å². The number of halogens is 1. The maximum atomic E-state index is 9.78. The standard InChI is InChI=1S/C11H12BrNO2/c1-7-6-8(12)2-3-9(7)11(15)10(14)4-5-13/h2-3,6,10-11,14-15H,4H2,1H3. The Bertz CT molecular complexity index is 387. The van der Waals surface area contributed by atoms with Crippen LogP contribution in [0.25, 0.3) is 0 Å². The van der Waals surface area contributed by atoms with Crippen molar-refractivity contribution in [3.63, 3.8) is 0 Å². The SMILES string of the molecule is Cc1cc(Br)ccc1C(O)C(O)CC#N. The first kappa shape index (κ1) is 12.2. The number of nitrogens with zero attached hydrogens (tertiary/aromatic N) is 1. The average molecular weight is 270 g/mol. The lowest BCUT2D eigenvalue weighted by Crippen LogP contribution is -2.18. The van der Waals surface area contributed by atoms with Crippen molar-refractivity contribution in [3.05, 3.63) is 33.8 Å². The van der Waals surface area contributed by atoms with Crippen molar-refractivity contribution >= 4 is 15.9 Å². The highest BCUT2D eigenvalue weighted by Gasteiger charge is 2.19. The van der Waals surface area contributed by atoms with E-state index in [4.69, 9.17) is 5.26 Å². The summed E-state index contributed by atoms with van der Waals surface area (Å²) < 4.78 is 0.922. The predicted molar refractivity (Wildman–Crippen MR) is 60.1 cm³/mol. The molecule has 0 heterocycles. The van der Waals surface area contributed by atoms with Gasteiger partial charge in [0.25, 0.3) is 0 Å². The molecule has 1 aromatic rings. The fourth-order valence-electron chi connectivity index (χ4n) is 1.38. The molecule has 1 rings (SSSR count). The highest BCUT2D eigenvalue weighted by atomic mass is 79.9. The Morgan fingerprint density at radius 3 is 2.67 bits per heavy atom. The number of rotatable bonds is 3. The Morgan fingerprint density at radius 1 is 1.47 bits per heavy atom. The predicted octanol–water partition coefficient (Wildman–Crippen LogP) is 2.07. The number of aryl methyl sites for hydroxylation is 1. The molecule has 2 N–H and O–H groups in total. The zero-order valence-corrected chi connectivity index (χ0v) is 9.90. The van der Waals surface area contributed by atoms with E-state index < -0.39 is 12.2 Å². The molecule has 0 spiro atoms. The Kier molecular flexibility index (Phi) is 4.28. The maximum absolute atomic E-state index is 9.78. The van der Waals surface area contributed by atoms with Gasteiger partial charge in [-0.05, 0) is 30.2 Å². The van der Waals surface area contributed by atoms with Gasteiger partial charge in [0.2, 0.25) is 0 Å². The van der Waals surface area contributed by atoms with Gasteiger partial charge in [0, 0.05) is 4.47 Å². The Hall–Kier alpha value is -0.890. The van der Waals surface area contributed by atoms with Gasteiger partial charge in [-0.25, -0.2) is 0 Å². The molecule has 0 radical (unpaired) electrons. The fraction of sp³-hybridized carbons (Fsp3) is 0.364. The number of benzene rings is 1. The molecule has 0 saturated carbocycles. The quantitative estimate of drug-likeness (QED) is 0.883. The number of aliphatic hydroxyl groups is 2. The van der Waals surface area contributed by atoms with Crippen molar-refractivity contribution < 1.29 is 10.2 Å². The molecule has 2 unspecified atom stereocenters. The summed E-state index contributed by atoms with van der Waals surface area (Å²) in [7, 11) is 0. The molecule has 0 amide bonds. The van der Waals surface area contributed by atoms with Gasteiger partial charge in [0.1, 0.15) is 6.10 Å². The number of nitriles is 1. The Morgan fingerprint density at radius 2 is 2.13 bits per heavy atom. The van der Waals surface area contributed by atoms with Crippen LogP contribution in [0.5, 0.6) is 0 Å². The maximum Gasteiger partial charge on any atom is 0.106 e. The minimum Gasteiger partial charge on any atom is -0.389 e. The topological polar surface area (TPSA) is 64.2 Å². The van der Waals surface area contributed by atoms with Crippen LogP contribution >= 0.6 is 15.9 Å². The van der Waals surface area contributed by atoms with Gasteiger partial charge in [-0.2, -0.15) is 5.26 Å². The van der Waals surface area contributed by atoms with E-state index in [0.29, 0.717) is 5.56 Å². The van der Waals surface area contributed by atoms with Crippen LogP contribution in [0.2, 0.25) is 0 Å². The van der Waals surface area contributed by atoms with Crippen molar-refractivity contribution in [1.29, 1.82) is 5.26 Å². The van der Waals surface area contributed by atoms with Gasteiger partial charge in [-0.1, -0.05) is 22.0 Å². The lowest BCUT2D eigenvalue weighted by molar-refractivity contribution is 0.0212. The van der Waals surface area contributed by atoms with Crippen molar-refractivity contribution in [2.45, 2.75) is 25.6 Å². The molecule has 80 valence electrons. The van der Waals surface area contributed by atoms with E-state index in [1.165, 1.54) is 0 Å². The van der Waals surface area contributed by atoms with Crippen molar-refractivity contribution in [3.8, 4) is 6.07 Å². The minimum absolute atomic E-state index is 0.0727. The van der Waals surface area contributed by atoms with Gasteiger partial charge >= 0.3 is 0 Å². The lowest BCUT2D eigenvalue weighted by atomic mass is 9.98. The van der Waals surface area contributed by atoms with E-state index in [9.17, 15) is 10.2 Å². The summed E-state index contributed by atoms with van der Waals surface area (Å²) in [6.45, 7) is 1.85. The number of aliphatic hydroxyl groups excluding tert-OH is 2. The van der Waals surface area contributed by atoms with Gasteiger partial charge in [-0.3, -0.25) is 0 Å². The van der Waals surface area contributed by atoms with Crippen LogP contribution in [0.1, 0.15) is 23.7 Å². The fourth-order valence-corrected chi connectivity index (χ4v) is 1.86. The summed E-state index contributed by atoms with van der Waals surface area (Å²) in [6, 6.07) is 7.23. The molecular weight excluding hydrogens is 258 g/mol. The Balaban J connectivity index is 2.91. The summed E-state index contributed by atoms with van der Waals surface area (Å²) >= 11 is 3.32. The second kappa shape index (κ2) is 5.26. The van der Waals surface area contributed by atoms with E-state index in [1.807, 2.05) is 19.1 Å². The molecule has 0 aromatic heterocycles. The van der Waals surface area contributed by atoms with Crippen LogP contribution in [0.3, 0.4) is 0 Å². The molecule has 4 heteroatoms. The third kappa shape index (κ3) is 3.03. The van der Waals surface area contributed by atoms with E-state index in [1.54, 1.807) is 12.1 Å². The third-order valence-corrected chi connectivity index (χ3v) is 2.71. The van der Waals surface area contributed by atoms with Crippen LogP contribution in [0.15, 0.2) is 22.7 Å². The zero-order chi connectivity index (χ0) is 11.4. The molecule has 0 aliphatic rings. The second-order valence-corrected chi connectivity index (χ2v) is 4.29. The van der Waals surface area contributed by atoms with E-state index in [0.717, 1.165) is 10.0 Å². The molecule has 15 heavy (non-hydrogen) atoms. The first-order valence-corrected chi connectivity index (χ1v) is 5.34. The minimum atomic E-state index is -1.03. The monoisotopic (exact) mass is 269 g/mol. The summed E-state index contributed by atoms with van der Waals surface area (Å²) in [5, 5.41) is 27.7. The highest BCUT2D eigenvalue weighted by molar-refractivity contribution is 9.10. The zero-order valence-electron chi connectivity index (χ0n) is 8.31. The van der Waals surface area contributed by atoms with Crippen LogP contribution in [-0.4, -0.2) is 16.3 Å². The summed E-state index contributed by atoms with van der Waals surface area (Å²) in [4.78, 5) is 0. The van der Waals surface area contributed by atoms with E-state index in [-0.39, 0.29) is 6.42 Å². The Labute approximate surface area is 97.1 Å². The summed E-state index contributed by atoms with van der Waals surface area (Å²) in [6.07, 6.45) is -2.11. The molecule has 0 aliphatic heterocycles. The lowest BCUT2D eigenvalue weighted by Gasteiger charge is -2.17. The van der Waals surface area contributed by atoms with Crippen molar-refractivity contribution in [2.75, 3.05) is 0 Å². The molecule has 0 aliphatic carbocycles. The first-order chi connectivity index (χ1) is 7.06. The van der Waals surface area contributed by atoms with Crippen LogP contribution < -0.4 is 0 Å². The first-order valence-electron chi connectivity index (χ1n) is 4.55. The third-order valence-electron chi connectivity index (χ3n) is 2.22. The van der Waals surface area contributed by atoms with Crippen molar-refractivity contribution in [2.24, 2.45) is 0 Å². The van der Waals surface area contributed by atoms with Gasteiger partial charge in [0.15, 0.2) is 0 Å². The molecule has 0 saturated heterocycles. The van der Waals surface area contributed by atoms with Crippen LogP contribution in [0, 0.1) is 18.3 Å². The molecular formula is C11H12BrNO2. The largest absolute Gasteiger partial charge is 0.389 e. The normalized spacial score (nSPS) is 14.3. The van der Waals surface area contributed by atoms with Crippen LogP contribution in [0.4, 0.5) is 0 Å². The van der Waals surface area contributed by atoms with Gasteiger partial charge < -0.3 is 10.2 Å². The average Bonchev–Trinajstić information content (AvgIpc) is 2.17. The van der Waals surface area contributed by atoms with E-state index >= 15 is 0 Å². The smallest absolute Gasteiger partial charge is 0.106 e. The molecule has 3 nitrogen and oxygen atoms in total. The van der Waals surface area contributed by atoms with Gasteiger partial charge in [0.05, 0.1) is 18.6 Å². The molecule has 2 atom stereocenters. The van der Waals surface area contributed by atoms with E-state index in [2.05, 4.69) is 15.9 Å². The van der Waals surface area contributed by atoms with Crippen LogP contribution in [-0.2, 0) is 0 Å². The second-order valence-electron chi connectivity index (χ2n) is 3.38. The summed E-state index contributed by atoms with van der Waals surface area (Å²) in [5.74, 6) is 0. The highest BCUT2D eigenvalue weighted by Crippen LogP contribution is 2.24. The summed E-state index contributed by atoms with van der Waals surface area (Å²) in [5.41, 5.74) is 1.54. The number of hydrogen-bond acceptors (Lipinski definition) is 3.